The molecule has 16 heavy (non-hydrogen) atoms. The molecular weight excluding hydrogens is 252 g/mol. The molecule has 6 nitrogen and oxygen atoms in total. The summed E-state index contributed by atoms with van der Waals surface area (Å²) in [6.07, 6.45) is -4.71. The monoisotopic (exact) mass is 270 g/mol. The zero-order chi connectivity index (χ0) is 13.8. The van der Waals surface area contributed by atoms with Gasteiger partial charge in [0.1, 0.15) is 0 Å². The zero-order valence-corrected chi connectivity index (χ0v) is 10.4. The smallest absolute Gasteiger partial charge is 0.323 e. The lowest BCUT2D eigenvalue weighted by Crippen LogP contribution is -2.15. The van der Waals surface area contributed by atoms with Gasteiger partial charge in [-0.3, -0.25) is 4.52 Å². The molecule has 0 spiro atoms. The van der Waals surface area contributed by atoms with Crippen molar-refractivity contribution in [2.24, 2.45) is 0 Å². The Hall–Kier alpha value is -0.180. The maximum Gasteiger partial charge on any atom is 0.469 e. The fraction of sp³-hybridized carbons (Fsp3) is 1.00. The lowest BCUT2D eigenvalue weighted by atomic mass is 10.7. The quantitative estimate of drug-likeness (QED) is 0.541. The van der Waals surface area contributed by atoms with Crippen molar-refractivity contribution in [2.45, 2.75) is 6.18 Å². The van der Waals surface area contributed by atoms with Gasteiger partial charge >= 0.3 is 14.0 Å². The number of hydrogen-bond acceptors (Lipinski definition) is 4. The molecule has 0 radical (unpaired) electrons. The normalized spacial score (nSPS) is 10.8. The Morgan fingerprint density at radius 2 is 1.38 bits per heavy atom. The van der Waals surface area contributed by atoms with Crippen LogP contribution in [0.2, 0.25) is 0 Å². The molecule has 0 aliphatic carbocycles. The molecular formula is C6H18F3N2O4P. The Morgan fingerprint density at radius 1 is 1.12 bits per heavy atom. The van der Waals surface area contributed by atoms with Crippen molar-refractivity contribution >= 4 is 7.82 Å². The van der Waals surface area contributed by atoms with Crippen molar-refractivity contribution in [1.29, 1.82) is 0 Å². The highest BCUT2D eigenvalue weighted by Crippen LogP contribution is 2.37. The molecule has 0 rings (SSSR count). The molecule has 0 heterocycles. The molecule has 0 atom stereocenters. The highest BCUT2D eigenvalue weighted by atomic mass is 31.2. The highest BCUT2D eigenvalue weighted by molar-refractivity contribution is 7.46. The van der Waals surface area contributed by atoms with Crippen LogP contribution in [-0.2, 0) is 9.09 Å². The molecule has 0 amide bonds. The first-order valence-corrected chi connectivity index (χ1v) is 5.50. The number of phosphoric ester groups is 1. The van der Waals surface area contributed by atoms with Crippen LogP contribution in [0.15, 0.2) is 0 Å². The van der Waals surface area contributed by atoms with E-state index in [9.17, 15) is 17.7 Å². The Labute approximate surface area is 92.4 Å². The summed E-state index contributed by atoms with van der Waals surface area (Å²) in [5, 5.41) is 5.50. The molecule has 0 saturated heterocycles. The van der Waals surface area contributed by atoms with Crippen LogP contribution in [0.5, 0.6) is 0 Å². The first-order valence-electron chi connectivity index (χ1n) is 3.97. The van der Waals surface area contributed by atoms with E-state index in [1.54, 1.807) is 0 Å². The van der Waals surface area contributed by atoms with Crippen LogP contribution < -0.4 is 10.6 Å². The van der Waals surface area contributed by atoms with E-state index in [-0.39, 0.29) is 0 Å². The Morgan fingerprint density at radius 3 is 1.44 bits per heavy atom. The molecule has 0 aliphatic heterocycles. The third-order valence-corrected chi connectivity index (χ3v) is 0.862. The van der Waals surface area contributed by atoms with E-state index in [0.29, 0.717) is 0 Å². The first-order chi connectivity index (χ1) is 7.04. The van der Waals surface area contributed by atoms with Gasteiger partial charge in [-0.25, -0.2) is 4.57 Å². The molecule has 4 N–H and O–H groups in total. The van der Waals surface area contributed by atoms with Gasteiger partial charge in [-0.15, -0.1) is 0 Å². The van der Waals surface area contributed by atoms with Crippen molar-refractivity contribution in [1.82, 2.24) is 10.6 Å². The minimum Gasteiger partial charge on any atom is -0.323 e. The highest BCUT2D eigenvalue weighted by Gasteiger charge is 2.31. The lowest BCUT2D eigenvalue weighted by Gasteiger charge is -2.07. The van der Waals surface area contributed by atoms with Gasteiger partial charge in [-0.1, -0.05) is 0 Å². The van der Waals surface area contributed by atoms with E-state index in [1.165, 1.54) is 0 Å². The van der Waals surface area contributed by atoms with Gasteiger partial charge in [0.15, 0.2) is 6.61 Å². The van der Waals surface area contributed by atoms with Crippen molar-refractivity contribution < 1.29 is 32.0 Å². The number of alkyl halides is 3. The average molecular weight is 270 g/mol. The van der Waals surface area contributed by atoms with Gasteiger partial charge in [0.2, 0.25) is 0 Å². The van der Waals surface area contributed by atoms with E-state index in [2.05, 4.69) is 15.2 Å². The Bertz CT molecular complexity index is 183. The molecule has 0 saturated carbocycles. The summed E-state index contributed by atoms with van der Waals surface area (Å²) >= 11 is 0. The third kappa shape index (κ3) is 48.8. The number of nitrogens with one attached hydrogen (secondary N) is 2. The summed E-state index contributed by atoms with van der Waals surface area (Å²) in [4.78, 5) is 15.5. The van der Waals surface area contributed by atoms with Crippen LogP contribution in [0.4, 0.5) is 13.2 Å². The minimum absolute atomic E-state index is 1.88. The second-order valence-corrected chi connectivity index (χ2v) is 3.62. The Kier molecular flexibility index (Phi) is 14.9. The Balaban J connectivity index is -0.000000235. The molecule has 102 valence electrons. The van der Waals surface area contributed by atoms with E-state index in [4.69, 9.17) is 9.79 Å². The van der Waals surface area contributed by atoms with Gasteiger partial charge in [-0.05, 0) is 28.2 Å². The van der Waals surface area contributed by atoms with E-state index >= 15 is 0 Å². The maximum absolute atomic E-state index is 11.1. The van der Waals surface area contributed by atoms with Crippen LogP contribution >= 0.6 is 7.82 Å². The maximum atomic E-state index is 11.1. The second-order valence-electron chi connectivity index (χ2n) is 2.38. The van der Waals surface area contributed by atoms with Crippen molar-refractivity contribution in [2.75, 3.05) is 34.8 Å². The second kappa shape index (κ2) is 11.3. The SMILES string of the molecule is CNC.CNC.O=P(O)(O)OCC(F)(F)F. The van der Waals surface area contributed by atoms with Crippen molar-refractivity contribution in [3.8, 4) is 0 Å². The summed E-state index contributed by atoms with van der Waals surface area (Å²) in [6, 6.07) is 0. The molecule has 0 aromatic carbocycles. The van der Waals surface area contributed by atoms with Crippen LogP contribution in [0, 0.1) is 0 Å². The number of rotatable bonds is 2. The first kappa shape index (κ1) is 21.1. The van der Waals surface area contributed by atoms with Gasteiger partial charge < -0.3 is 20.4 Å². The fourth-order valence-electron chi connectivity index (χ4n) is 0.157. The van der Waals surface area contributed by atoms with Crippen LogP contribution in [-0.4, -0.2) is 50.8 Å². The van der Waals surface area contributed by atoms with Gasteiger partial charge in [0, 0.05) is 0 Å². The molecule has 0 unspecified atom stereocenters. The largest absolute Gasteiger partial charge is 0.469 e. The number of halogens is 3. The summed E-state index contributed by atoms with van der Waals surface area (Å²) in [6.45, 7) is -1.93. The topological polar surface area (TPSA) is 90.8 Å². The molecule has 0 bridgehead atoms. The lowest BCUT2D eigenvalue weighted by molar-refractivity contribution is -0.156. The fourth-order valence-corrected chi connectivity index (χ4v) is 0.472. The van der Waals surface area contributed by atoms with Crippen molar-refractivity contribution in [3.63, 3.8) is 0 Å². The van der Waals surface area contributed by atoms with E-state index in [1.807, 2.05) is 28.2 Å². The minimum atomic E-state index is -4.98. The zero-order valence-electron chi connectivity index (χ0n) is 9.50. The van der Waals surface area contributed by atoms with Gasteiger partial charge in [0.25, 0.3) is 0 Å². The third-order valence-electron chi connectivity index (χ3n) is 0.396. The average Bonchev–Trinajstić information content (AvgIpc) is 2.01. The van der Waals surface area contributed by atoms with Gasteiger partial charge in [-0.2, -0.15) is 13.2 Å². The van der Waals surface area contributed by atoms with Crippen molar-refractivity contribution in [3.05, 3.63) is 0 Å². The predicted molar refractivity (Wildman–Crippen MR) is 54.0 cm³/mol. The van der Waals surface area contributed by atoms with E-state index in [0.717, 1.165) is 0 Å². The number of hydrogen-bond donors (Lipinski definition) is 4. The summed E-state index contributed by atoms with van der Waals surface area (Å²) < 4.78 is 46.1. The van der Waals surface area contributed by atoms with Crippen LogP contribution in [0.1, 0.15) is 0 Å². The molecule has 0 aromatic rings. The summed E-state index contributed by atoms with van der Waals surface area (Å²) in [5.74, 6) is 0. The van der Waals surface area contributed by atoms with E-state index < -0.39 is 20.6 Å². The predicted octanol–water partition coefficient (Wildman–Crippen LogP) is 0.329. The molecule has 10 heteroatoms. The summed E-state index contributed by atoms with van der Waals surface area (Å²) in [7, 11) is 2.52. The van der Waals surface area contributed by atoms with Crippen LogP contribution in [0.3, 0.4) is 0 Å². The molecule has 0 aliphatic rings. The van der Waals surface area contributed by atoms with Crippen LogP contribution in [0.25, 0.3) is 0 Å². The molecule has 0 fully saturated rings. The van der Waals surface area contributed by atoms with Gasteiger partial charge in [0.05, 0.1) is 0 Å². The summed E-state index contributed by atoms with van der Waals surface area (Å²) in [5.41, 5.74) is 0. The molecule has 0 aromatic heterocycles. The standard InChI is InChI=1S/C2H4F3O4P.2C2H7N/c3-2(4,5)1-9-10(6,7)8;2*1-3-2/h1H2,(H2,6,7,8);2*3H,1-2H3. The number of phosphoric acid groups is 1.